The maximum atomic E-state index is 5.22. The standard InChI is InChI=1S/C14H25N3OS/c1-4-12-13(10-15-5-2)19-14(16-12)17(8-9-18-3)11-6-7-11/h11,15H,4-10H2,1-3H3. The van der Waals surface area contributed by atoms with Crippen LogP contribution in [-0.2, 0) is 17.7 Å². The summed E-state index contributed by atoms with van der Waals surface area (Å²) in [7, 11) is 1.76. The first-order valence-corrected chi connectivity index (χ1v) is 8.06. The number of thiazole rings is 1. The Bertz CT molecular complexity index is 390. The summed E-state index contributed by atoms with van der Waals surface area (Å²) in [5.74, 6) is 0. The second-order valence-electron chi connectivity index (χ2n) is 4.92. The monoisotopic (exact) mass is 283 g/mol. The number of aromatic nitrogens is 1. The molecule has 0 saturated heterocycles. The molecule has 0 aromatic carbocycles. The molecule has 1 aromatic heterocycles. The van der Waals surface area contributed by atoms with Crippen molar-refractivity contribution in [1.29, 1.82) is 0 Å². The number of aryl methyl sites for hydroxylation is 1. The molecule has 19 heavy (non-hydrogen) atoms. The fraction of sp³-hybridized carbons (Fsp3) is 0.786. The molecule has 5 heteroatoms. The van der Waals surface area contributed by atoms with Crippen LogP contribution in [0.5, 0.6) is 0 Å². The predicted octanol–water partition coefficient (Wildman–Crippen LogP) is 2.43. The van der Waals surface area contributed by atoms with Crippen LogP contribution in [0.4, 0.5) is 5.13 Å². The summed E-state index contributed by atoms with van der Waals surface area (Å²) in [5, 5.41) is 4.59. The third-order valence-electron chi connectivity index (χ3n) is 3.41. The van der Waals surface area contributed by atoms with E-state index in [0.29, 0.717) is 6.04 Å². The minimum absolute atomic E-state index is 0.693. The van der Waals surface area contributed by atoms with Crippen molar-refractivity contribution >= 4 is 16.5 Å². The highest BCUT2D eigenvalue weighted by Crippen LogP contribution is 2.35. The van der Waals surface area contributed by atoms with E-state index in [4.69, 9.17) is 9.72 Å². The molecule has 4 nitrogen and oxygen atoms in total. The van der Waals surface area contributed by atoms with Gasteiger partial charge in [0.25, 0.3) is 0 Å². The number of nitrogens with zero attached hydrogens (tertiary/aromatic N) is 2. The first kappa shape index (κ1) is 14.8. The lowest BCUT2D eigenvalue weighted by Gasteiger charge is -2.20. The molecule has 0 aliphatic heterocycles. The van der Waals surface area contributed by atoms with E-state index < -0.39 is 0 Å². The summed E-state index contributed by atoms with van der Waals surface area (Å²) in [6.45, 7) is 8.01. The predicted molar refractivity (Wildman–Crippen MR) is 81.1 cm³/mol. The van der Waals surface area contributed by atoms with Crippen LogP contribution in [0.25, 0.3) is 0 Å². The molecule has 1 fully saturated rings. The molecule has 1 saturated carbocycles. The molecule has 0 bridgehead atoms. The molecule has 0 amide bonds. The van der Waals surface area contributed by atoms with Crippen LogP contribution in [0.2, 0.25) is 0 Å². The highest BCUT2D eigenvalue weighted by molar-refractivity contribution is 7.15. The van der Waals surface area contributed by atoms with E-state index in [1.807, 2.05) is 11.3 Å². The largest absolute Gasteiger partial charge is 0.383 e. The van der Waals surface area contributed by atoms with Gasteiger partial charge in [0.05, 0.1) is 12.3 Å². The van der Waals surface area contributed by atoms with Gasteiger partial charge in [-0.1, -0.05) is 13.8 Å². The average Bonchev–Trinajstić information content (AvgIpc) is 3.17. The van der Waals surface area contributed by atoms with Crippen LogP contribution in [0.3, 0.4) is 0 Å². The van der Waals surface area contributed by atoms with E-state index in [9.17, 15) is 0 Å². The van der Waals surface area contributed by atoms with Crippen LogP contribution in [0.15, 0.2) is 0 Å². The maximum Gasteiger partial charge on any atom is 0.186 e. The van der Waals surface area contributed by atoms with Crippen LogP contribution < -0.4 is 10.2 Å². The molecule has 1 N–H and O–H groups in total. The SMILES string of the molecule is CCNCc1sc(N(CCOC)C2CC2)nc1CC. The summed E-state index contributed by atoms with van der Waals surface area (Å²) in [5.41, 5.74) is 1.25. The minimum atomic E-state index is 0.693. The van der Waals surface area contributed by atoms with Crippen molar-refractivity contribution in [2.24, 2.45) is 0 Å². The van der Waals surface area contributed by atoms with Crippen LogP contribution >= 0.6 is 11.3 Å². The van der Waals surface area contributed by atoms with Gasteiger partial charge >= 0.3 is 0 Å². The Hall–Kier alpha value is -0.650. The van der Waals surface area contributed by atoms with E-state index in [1.54, 1.807) is 7.11 Å². The fourth-order valence-electron chi connectivity index (χ4n) is 2.16. The van der Waals surface area contributed by atoms with Gasteiger partial charge < -0.3 is 15.0 Å². The second kappa shape index (κ2) is 7.22. The second-order valence-corrected chi connectivity index (χ2v) is 5.98. The summed E-state index contributed by atoms with van der Waals surface area (Å²) in [6, 6.07) is 0.693. The molecular weight excluding hydrogens is 258 g/mol. The topological polar surface area (TPSA) is 37.4 Å². The number of anilines is 1. The molecule has 1 heterocycles. The van der Waals surface area contributed by atoms with E-state index >= 15 is 0 Å². The van der Waals surface area contributed by atoms with Crippen LogP contribution in [0, 0.1) is 0 Å². The Kier molecular flexibility index (Phi) is 5.60. The Balaban J connectivity index is 2.10. The summed E-state index contributed by atoms with van der Waals surface area (Å²) in [6.07, 6.45) is 3.61. The Morgan fingerprint density at radius 1 is 1.42 bits per heavy atom. The van der Waals surface area contributed by atoms with Gasteiger partial charge in [-0.05, 0) is 25.8 Å². The van der Waals surface area contributed by atoms with Crippen molar-refractivity contribution < 1.29 is 4.74 Å². The zero-order chi connectivity index (χ0) is 13.7. The van der Waals surface area contributed by atoms with Gasteiger partial charge in [0.1, 0.15) is 0 Å². The molecule has 108 valence electrons. The molecule has 1 aliphatic rings. The van der Waals surface area contributed by atoms with Crippen molar-refractivity contribution in [2.75, 3.05) is 31.7 Å². The number of rotatable bonds is 9. The smallest absolute Gasteiger partial charge is 0.186 e. The van der Waals surface area contributed by atoms with E-state index in [2.05, 4.69) is 24.1 Å². The fourth-order valence-corrected chi connectivity index (χ4v) is 3.37. The average molecular weight is 283 g/mol. The van der Waals surface area contributed by atoms with Crippen molar-refractivity contribution in [3.8, 4) is 0 Å². The van der Waals surface area contributed by atoms with Gasteiger partial charge in [-0.3, -0.25) is 0 Å². The highest BCUT2D eigenvalue weighted by Gasteiger charge is 2.31. The zero-order valence-corrected chi connectivity index (χ0v) is 13.1. The number of hydrogen-bond donors (Lipinski definition) is 1. The maximum absolute atomic E-state index is 5.22. The molecule has 2 rings (SSSR count). The van der Waals surface area contributed by atoms with Gasteiger partial charge in [-0.2, -0.15) is 0 Å². The number of nitrogens with one attached hydrogen (secondary N) is 1. The van der Waals surface area contributed by atoms with Crippen molar-refractivity contribution in [3.63, 3.8) is 0 Å². The summed E-state index contributed by atoms with van der Waals surface area (Å²) < 4.78 is 5.22. The molecule has 0 unspecified atom stereocenters. The summed E-state index contributed by atoms with van der Waals surface area (Å²) >= 11 is 1.85. The van der Waals surface area contributed by atoms with Crippen LogP contribution in [0.1, 0.15) is 37.3 Å². The first-order valence-electron chi connectivity index (χ1n) is 7.25. The Labute approximate surface area is 120 Å². The third-order valence-corrected chi connectivity index (χ3v) is 4.54. The normalized spacial score (nSPS) is 14.9. The zero-order valence-electron chi connectivity index (χ0n) is 12.2. The van der Waals surface area contributed by atoms with Gasteiger partial charge in [-0.15, -0.1) is 11.3 Å². The van der Waals surface area contributed by atoms with Crippen molar-refractivity contribution in [1.82, 2.24) is 10.3 Å². The van der Waals surface area contributed by atoms with Gasteiger partial charge in [0.2, 0.25) is 0 Å². The Morgan fingerprint density at radius 3 is 2.79 bits per heavy atom. The molecule has 0 radical (unpaired) electrons. The highest BCUT2D eigenvalue weighted by atomic mass is 32.1. The first-order chi connectivity index (χ1) is 9.30. The quantitative estimate of drug-likeness (QED) is 0.755. The molecule has 0 spiro atoms. The van der Waals surface area contributed by atoms with Crippen molar-refractivity contribution in [2.45, 2.75) is 45.7 Å². The lowest BCUT2D eigenvalue weighted by Crippen LogP contribution is -2.29. The molecular formula is C14H25N3OS. The van der Waals surface area contributed by atoms with Crippen LogP contribution in [-0.4, -0.2) is 37.8 Å². The molecule has 1 aliphatic carbocycles. The minimum Gasteiger partial charge on any atom is -0.383 e. The number of hydrogen-bond acceptors (Lipinski definition) is 5. The molecule has 1 aromatic rings. The van der Waals surface area contributed by atoms with Gasteiger partial charge in [0, 0.05) is 31.1 Å². The number of ether oxygens (including phenoxy) is 1. The van der Waals surface area contributed by atoms with Gasteiger partial charge in [-0.25, -0.2) is 4.98 Å². The van der Waals surface area contributed by atoms with Gasteiger partial charge in [0.15, 0.2) is 5.13 Å². The number of methoxy groups -OCH3 is 1. The lowest BCUT2D eigenvalue weighted by molar-refractivity contribution is 0.205. The van der Waals surface area contributed by atoms with E-state index in [0.717, 1.165) is 32.7 Å². The van der Waals surface area contributed by atoms with E-state index in [1.165, 1.54) is 28.5 Å². The molecule has 0 atom stereocenters. The lowest BCUT2D eigenvalue weighted by atomic mass is 10.3. The van der Waals surface area contributed by atoms with E-state index in [-0.39, 0.29) is 0 Å². The summed E-state index contributed by atoms with van der Waals surface area (Å²) in [4.78, 5) is 8.67. The Morgan fingerprint density at radius 2 is 2.21 bits per heavy atom. The third kappa shape index (κ3) is 3.91. The van der Waals surface area contributed by atoms with Crippen molar-refractivity contribution in [3.05, 3.63) is 10.6 Å².